The number of hydrogen-bond acceptors (Lipinski definition) is 5. The third-order valence-corrected chi connectivity index (χ3v) is 4.49. The van der Waals surface area contributed by atoms with Crippen molar-refractivity contribution in [2.45, 2.75) is 20.3 Å². The molecule has 132 valence electrons. The molecule has 3 rings (SSSR count). The summed E-state index contributed by atoms with van der Waals surface area (Å²) in [5.41, 5.74) is 3.49. The maximum Gasteiger partial charge on any atom is 0.224 e. The lowest BCUT2D eigenvalue weighted by Gasteiger charge is -2.04. The van der Waals surface area contributed by atoms with Crippen LogP contribution in [-0.4, -0.2) is 21.8 Å². The van der Waals surface area contributed by atoms with Crippen molar-refractivity contribution in [2.75, 3.05) is 10.6 Å². The molecule has 2 aromatic heterocycles. The molecule has 3 aromatic rings. The van der Waals surface area contributed by atoms with E-state index in [1.807, 2.05) is 42.6 Å². The molecule has 7 heteroatoms. The maximum absolute atomic E-state index is 11.4. The van der Waals surface area contributed by atoms with E-state index in [4.69, 9.17) is 0 Å². The van der Waals surface area contributed by atoms with Gasteiger partial charge in [-0.3, -0.25) is 9.59 Å². The van der Waals surface area contributed by atoms with Crippen LogP contribution in [0.5, 0.6) is 0 Å². The predicted molar refractivity (Wildman–Crippen MR) is 104 cm³/mol. The van der Waals surface area contributed by atoms with Crippen LogP contribution in [0.25, 0.3) is 21.8 Å². The molecule has 0 aliphatic rings. The van der Waals surface area contributed by atoms with E-state index in [0.29, 0.717) is 12.2 Å². The van der Waals surface area contributed by atoms with Crippen LogP contribution >= 0.6 is 11.3 Å². The van der Waals surface area contributed by atoms with Gasteiger partial charge < -0.3 is 10.6 Å². The first-order chi connectivity index (χ1) is 12.5. The Kier molecular flexibility index (Phi) is 5.38. The van der Waals surface area contributed by atoms with Crippen LogP contribution in [0.2, 0.25) is 0 Å². The van der Waals surface area contributed by atoms with Gasteiger partial charge in [-0.15, -0.1) is 11.3 Å². The monoisotopic (exact) mass is 366 g/mol. The first-order valence-electron chi connectivity index (χ1n) is 8.15. The average Bonchev–Trinajstić information content (AvgIpc) is 3.12. The molecule has 0 radical (unpaired) electrons. The van der Waals surface area contributed by atoms with Crippen molar-refractivity contribution in [3.8, 4) is 21.8 Å². The average molecular weight is 366 g/mol. The Labute approximate surface area is 155 Å². The minimum atomic E-state index is -0.162. The number of rotatable bonds is 5. The lowest BCUT2D eigenvalue weighted by atomic mass is 10.1. The maximum atomic E-state index is 11.4. The number of anilines is 2. The summed E-state index contributed by atoms with van der Waals surface area (Å²) in [6.07, 6.45) is 2.09. The number of pyridine rings is 1. The Hall–Kier alpha value is -3.06. The third kappa shape index (κ3) is 4.31. The molecule has 26 heavy (non-hydrogen) atoms. The van der Waals surface area contributed by atoms with E-state index >= 15 is 0 Å². The van der Waals surface area contributed by atoms with Gasteiger partial charge >= 0.3 is 0 Å². The molecule has 6 nitrogen and oxygen atoms in total. The normalized spacial score (nSPS) is 10.4. The minimum Gasteiger partial charge on any atom is -0.326 e. The van der Waals surface area contributed by atoms with E-state index in [1.54, 1.807) is 12.3 Å². The highest BCUT2D eigenvalue weighted by Gasteiger charge is 2.09. The van der Waals surface area contributed by atoms with Crippen LogP contribution in [0, 0.1) is 0 Å². The van der Waals surface area contributed by atoms with Gasteiger partial charge in [0.25, 0.3) is 0 Å². The molecule has 0 aliphatic carbocycles. The number of aromatic nitrogens is 2. The van der Waals surface area contributed by atoms with E-state index in [-0.39, 0.29) is 11.8 Å². The second-order valence-corrected chi connectivity index (χ2v) is 6.49. The van der Waals surface area contributed by atoms with Gasteiger partial charge in [-0.1, -0.05) is 19.1 Å². The quantitative estimate of drug-likeness (QED) is 0.709. The highest BCUT2D eigenvalue weighted by Crippen LogP contribution is 2.30. The molecule has 0 aliphatic heterocycles. The number of thiazole rings is 1. The van der Waals surface area contributed by atoms with Gasteiger partial charge in [0.2, 0.25) is 11.8 Å². The van der Waals surface area contributed by atoms with E-state index in [1.165, 1.54) is 18.3 Å². The summed E-state index contributed by atoms with van der Waals surface area (Å²) in [4.78, 5) is 31.4. The summed E-state index contributed by atoms with van der Waals surface area (Å²) in [5.74, 6) is 0.328. The number of amides is 2. The topological polar surface area (TPSA) is 84.0 Å². The van der Waals surface area contributed by atoms with Gasteiger partial charge in [0.1, 0.15) is 10.8 Å². The standard InChI is InChI=1S/C19H18N4O2S/c1-3-18(25)22-15-6-4-13(5-7-15)16-11-26-19(23-16)14-8-9-20-17(10-14)21-12(2)24/h4-11H,3H2,1-2H3,(H,22,25)(H,20,21,24). The Morgan fingerprint density at radius 1 is 1.08 bits per heavy atom. The lowest BCUT2D eigenvalue weighted by molar-refractivity contribution is -0.116. The van der Waals surface area contributed by atoms with Crippen LogP contribution in [0.1, 0.15) is 20.3 Å². The zero-order valence-corrected chi connectivity index (χ0v) is 15.3. The van der Waals surface area contributed by atoms with Crippen molar-refractivity contribution in [1.29, 1.82) is 0 Å². The van der Waals surface area contributed by atoms with Crippen molar-refractivity contribution >= 4 is 34.7 Å². The predicted octanol–water partition coefficient (Wildman–Crippen LogP) is 4.18. The fraction of sp³-hybridized carbons (Fsp3) is 0.158. The molecule has 0 fully saturated rings. The van der Waals surface area contributed by atoms with Gasteiger partial charge in [-0.25, -0.2) is 9.97 Å². The van der Waals surface area contributed by atoms with E-state index in [2.05, 4.69) is 20.6 Å². The Morgan fingerprint density at radius 3 is 2.54 bits per heavy atom. The van der Waals surface area contributed by atoms with Crippen molar-refractivity contribution in [2.24, 2.45) is 0 Å². The molecular formula is C19H18N4O2S. The van der Waals surface area contributed by atoms with Crippen LogP contribution in [0.4, 0.5) is 11.5 Å². The molecule has 1 aromatic carbocycles. The molecule has 2 N–H and O–H groups in total. The number of hydrogen-bond donors (Lipinski definition) is 2. The lowest BCUT2D eigenvalue weighted by Crippen LogP contribution is -2.08. The minimum absolute atomic E-state index is 0.0126. The third-order valence-electron chi connectivity index (χ3n) is 3.60. The molecule has 0 atom stereocenters. The summed E-state index contributed by atoms with van der Waals surface area (Å²) in [5, 5.41) is 8.32. The van der Waals surface area contributed by atoms with Gasteiger partial charge in [0, 0.05) is 41.7 Å². The highest BCUT2D eigenvalue weighted by atomic mass is 32.1. The Morgan fingerprint density at radius 2 is 1.85 bits per heavy atom. The number of benzene rings is 1. The number of nitrogens with zero attached hydrogens (tertiary/aromatic N) is 2. The molecule has 0 saturated carbocycles. The van der Waals surface area contributed by atoms with Crippen LogP contribution < -0.4 is 10.6 Å². The highest BCUT2D eigenvalue weighted by molar-refractivity contribution is 7.13. The molecule has 0 saturated heterocycles. The summed E-state index contributed by atoms with van der Waals surface area (Å²) in [6.45, 7) is 3.26. The summed E-state index contributed by atoms with van der Waals surface area (Å²) < 4.78 is 0. The fourth-order valence-corrected chi connectivity index (χ4v) is 3.15. The first-order valence-corrected chi connectivity index (χ1v) is 9.03. The van der Waals surface area contributed by atoms with Crippen molar-refractivity contribution in [3.63, 3.8) is 0 Å². The van der Waals surface area contributed by atoms with E-state index in [9.17, 15) is 9.59 Å². The van der Waals surface area contributed by atoms with Crippen molar-refractivity contribution < 1.29 is 9.59 Å². The molecule has 0 spiro atoms. The van der Waals surface area contributed by atoms with E-state index in [0.717, 1.165) is 27.5 Å². The summed E-state index contributed by atoms with van der Waals surface area (Å²) in [7, 11) is 0. The SMILES string of the molecule is CCC(=O)Nc1ccc(-c2csc(-c3ccnc(NC(C)=O)c3)n2)cc1. The van der Waals surface area contributed by atoms with Gasteiger partial charge in [-0.2, -0.15) is 0 Å². The first kappa shape index (κ1) is 17.8. The Balaban J connectivity index is 1.79. The largest absolute Gasteiger partial charge is 0.326 e. The van der Waals surface area contributed by atoms with Gasteiger partial charge in [-0.05, 0) is 24.3 Å². The smallest absolute Gasteiger partial charge is 0.224 e. The zero-order chi connectivity index (χ0) is 18.5. The van der Waals surface area contributed by atoms with Crippen LogP contribution in [0.15, 0.2) is 48.0 Å². The number of carbonyl (C=O) groups excluding carboxylic acids is 2. The van der Waals surface area contributed by atoms with Gasteiger partial charge in [0.05, 0.1) is 5.69 Å². The Bertz CT molecular complexity index is 935. The summed E-state index contributed by atoms with van der Waals surface area (Å²) >= 11 is 1.52. The second-order valence-electron chi connectivity index (χ2n) is 5.63. The van der Waals surface area contributed by atoms with Crippen LogP contribution in [-0.2, 0) is 9.59 Å². The molecule has 0 bridgehead atoms. The van der Waals surface area contributed by atoms with Crippen LogP contribution in [0.3, 0.4) is 0 Å². The molecule has 2 amide bonds. The fourth-order valence-electron chi connectivity index (χ4n) is 2.32. The molecular weight excluding hydrogens is 348 g/mol. The zero-order valence-electron chi connectivity index (χ0n) is 14.4. The molecule has 2 heterocycles. The second kappa shape index (κ2) is 7.88. The number of nitrogens with one attached hydrogen (secondary N) is 2. The number of carbonyl (C=O) groups is 2. The molecule has 0 unspecified atom stereocenters. The summed E-state index contributed by atoms with van der Waals surface area (Å²) in [6, 6.07) is 11.2. The van der Waals surface area contributed by atoms with Crippen molar-refractivity contribution in [3.05, 3.63) is 48.0 Å². The van der Waals surface area contributed by atoms with Crippen molar-refractivity contribution in [1.82, 2.24) is 9.97 Å². The van der Waals surface area contributed by atoms with Gasteiger partial charge in [0.15, 0.2) is 0 Å². The van der Waals surface area contributed by atoms with E-state index < -0.39 is 0 Å².